The van der Waals surface area contributed by atoms with Gasteiger partial charge in [0, 0.05) is 0 Å². The Morgan fingerprint density at radius 3 is 2.28 bits per heavy atom. The molecule has 1 heterocycles. The van der Waals surface area contributed by atoms with Crippen LogP contribution in [0.15, 0.2) is 77.7 Å². The van der Waals surface area contributed by atoms with E-state index < -0.39 is 16.1 Å². The molecule has 3 aromatic carbocycles. The first kappa shape index (κ1) is 19.2. The largest absolute Gasteiger partial charge is 0.343 e. The minimum atomic E-state index is -4.00. The molecule has 0 N–H and O–H groups in total. The molecule has 0 atom stereocenters. The summed E-state index contributed by atoms with van der Waals surface area (Å²) in [5.74, 6) is 0. The molecule has 0 saturated heterocycles. The first-order valence-electron chi connectivity index (χ1n) is 9.52. The SMILES string of the molecule is CCc1ccc(N2C(=O)N(Cc3cccc(C)c3)c3ccccc3S2(=O)=O)cc1. The number of nitrogens with zero attached hydrogens (tertiary/aromatic N) is 2. The molecule has 4 rings (SSSR count). The van der Waals surface area contributed by atoms with Crippen LogP contribution in [0.4, 0.5) is 16.2 Å². The molecule has 3 aromatic rings. The molecule has 0 saturated carbocycles. The predicted octanol–water partition coefficient (Wildman–Crippen LogP) is 4.89. The van der Waals surface area contributed by atoms with Gasteiger partial charge in [-0.05, 0) is 48.7 Å². The highest BCUT2D eigenvalue weighted by Crippen LogP contribution is 2.38. The van der Waals surface area contributed by atoms with Gasteiger partial charge in [0.05, 0.1) is 17.9 Å². The van der Waals surface area contributed by atoms with Crippen molar-refractivity contribution in [3.05, 3.63) is 89.5 Å². The van der Waals surface area contributed by atoms with Crippen molar-refractivity contribution in [3.63, 3.8) is 0 Å². The summed E-state index contributed by atoms with van der Waals surface area (Å²) < 4.78 is 27.5. The number of carbonyl (C=O) groups excluding carboxylic acids is 1. The number of urea groups is 1. The van der Waals surface area contributed by atoms with Gasteiger partial charge in [-0.15, -0.1) is 0 Å². The van der Waals surface area contributed by atoms with Crippen molar-refractivity contribution in [2.45, 2.75) is 31.7 Å². The van der Waals surface area contributed by atoms with E-state index in [1.165, 1.54) is 4.90 Å². The molecule has 0 spiro atoms. The normalized spacial score (nSPS) is 15.3. The number of anilines is 2. The molecule has 0 fully saturated rings. The molecule has 0 aromatic heterocycles. The van der Waals surface area contributed by atoms with Crippen LogP contribution in [0.5, 0.6) is 0 Å². The van der Waals surface area contributed by atoms with Crippen molar-refractivity contribution in [2.24, 2.45) is 0 Å². The summed E-state index contributed by atoms with van der Waals surface area (Å²) in [6, 6.07) is 21.0. The van der Waals surface area contributed by atoms with Crippen LogP contribution in [-0.2, 0) is 23.0 Å². The number of carbonyl (C=O) groups is 1. The summed E-state index contributed by atoms with van der Waals surface area (Å²) in [6.07, 6.45) is 0.837. The third-order valence-corrected chi connectivity index (χ3v) is 6.83. The fraction of sp³-hybridized carbons (Fsp3) is 0.174. The van der Waals surface area contributed by atoms with Gasteiger partial charge in [-0.3, -0.25) is 4.90 Å². The second kappa shape index (κ2) is 7.37. The monoisotopic (exact) mass is 406 g/mol. The summed E-state index contributed by atoms with van der Waals surface area (Å²) in [5, 5.41) is 0. The number of aryl methyl sites for hydroxylation is 2. The van der Waals surface area contributed by atoms with Crippen LogP contribution in [0.2, 0.25) is 0 Å². The summed E-state index contributed by atoms with van der Waals surface area (Å²) >= 11 is 0. The van der Waals surface area contributed by atoms with E-state index in [-0.39, 0.29) is 11.4 Å². The van der Waals surface area contributed by atoms with Crippen molar-refractivity contribution in [3.8, 4) is 0 Å². The van der Waals surface area contributed by atoms with E-state index in [1.54, 1.807) is 36.4 Å². The highest BCUT2D eigenvalue weighted by Gasteiger charge is 2.42. The summed E-state index contributed by atoms with van der Waals surface area (Å²) in [7, 11) is -4.00. The van der Waals surface area contributed by atoms with Gasteiger partial charge in [0.1, 0.15) is 4.90 Å². The highest BCUT2D eigenvalue weighted by molar-refractivity contribution is 7.94. The van der Waals surface area contributed by atoms with Crippen molar-refractivity contribution < 1.29 is 13.2 Å². The maximum absolute atomic E-state index is 13.4. The summed E-state index contributed by atoms with van der Waals surface area (Å²) in [5.41, 5.74) is 3.85. The Labute approximate surface area is 171 Å². The zero-order chi connectivity index (χ0) is 20.6. The van der Waals surface area contributed by atoms with E-state index in [2.05, 4.69) is 0 Å². The number of fused-ring (bicyclic) bond motifs is 1. The van der Waals surface area contributed by atoms with E-state index >= 15 is 0 Å². The number of amides is 2. The van der Waals surface area contributed by atoms with Crippen molar-refractivity contribution in [1.29, 1.82) is 0 Å². The van der Waals surface area contributed by atoms with Gasteiger partial charge in [-0.25, -0.2) is 13.2 Å². The number of hydrogen-bond donors (Lipinski definition) is 0. The van der Waals surface area contributed by atoms with Crippen LogP contribution >= 0.6 is 0 Å². The molecule has 0 aliphatic carbocycles. The van der Waals surface area contributed by atoms with Crippen LogP contribution in [0.25, 0.3) is 0 Å². The van der Waals surface area contributed by atoms with Crippen molar-refractivity contribution >= 4 is 27.4 Å². The minimum Gasteiger partial charge on any atom is -0.287 e. The maximum atomic E-state index is 13.4. The number of para-hydroxylation sites is 1. The molecule has 6 heteroatoms. The van der Waals surface area contributed by atoms with E-state index in [0.717, 1.165) is 27.4 Å². The lowest BCUT2D eigenvalue weighted by atomic mass is 10.1. The third-order valence-electron chi connectivity index (χ3n) is 5.08. The lowest BCUT2D eigenvalue weighted by Crippen LogP contribution is -2.50. The van der Waals surface area contributed by atoms with Crippen LogP contribution in [0.1, 0.15) is 23.6 Å². The molecular weight excluding hydrogens is 384 g/mol. The lowest BCUT2D eigenvalue weighted by molar-refractivity contribution is 0.253. The van der Waals surface area contributed by atoms with Crippen molar-refractivity contribution in [2.75, 3.05) is 9.21 Å². The van der Waals surface area contributed by atoms with Crippen LogP contribution < -0.4 is 9.21 Å². The van der Waals surface area contributed by atoms with Crippen molar-refractivity contribution in [1.82, 2.24) is 0 Å². The summed E-state index contributed by atoms with van der Waals surface area (Å²) in [4.78, 5) is 15.1. The number of sulfonamides is 1. The average molecular weight is 407 g/mol. The Balaban J connectivity index is 1.84. The number of benzene rings is 3. The fourth-order valence-corrected chi connectivity index (χ4v) is 5.17. The first-order chi connectivity index (χ1) is 13.9. The Hall–Kier alpha value is -3.12. The van der Waals surface area contributed by atoms with Gasteiger partial charge in [-0.2, -0.15) is 4.31 Å². The van der Waals surface area contributed by atoms with Crippen LogP contribution in [0.3, 0.4) is 0 Å². The molecule has 0 bridgehead atoms. The number of hydrogen-bond acceptors (Lipinski definition) is 3. The Kier molecular flexibility index (Phi) is 4.88. The second-order valence-corrected chi connectivity index (χ2v) is 8.87. The molecule has 0 unspecified atom stereocenters. The second-order valence-electron chi connectivity index (χ2n) is 7.11. The van der Waals surface area contributed by atoms with Crippen LogP contribution in [0, 0.1) is 6.92 Å². The highest BCUT2D eigenvalue weighted by atomic mass is 32.2. The van der Waals surface area contributed by atoms with E-state index in [1.807, 2.05) is 50.2 Å². The molecule has 2 amide bonds. The lowest BCUT2D eigenvalue weighted by Gasteiger charge is -2.36. The van der Waals surface area contributed by atoms with Gasteiger partial charge in [0.25, 0.3) is 10.0 Å². The maximum Gasteiger partial charge on any atom is 0.343 e. The standard InChI is InChI=1S/C23H22N2O3S/c1-3-18-11-13-20(14-12-18)25-23(26)24(16-19-8-6-7-17(2)15-19)21-9-4-5-10-22(21)29(25,27)28/h4-15H,3,16H2,1-2H3. The topological polar surface area (TPSA) is 57.7 Å². The molecule has 148 valence electrons. The van der Waals surface area contributed by atoms with E-state index in [9.17, 15) is 13.2 Å². The van der Waals surface area contributed by atoms with E-state index in [0.29, 0.717) is 11.4 Å². The molecule has 1 aliphatic rings. The average Bonchev–Trinajstić information content (AvgIpc) is 2.72. The Bertz CT molecular complexity index is 1170. The molecular formula is C23H22N2O3S. The molecule has 0 radical (unpaired) electrons. The number of rotatable bonds is 4. The molecule has 5 nitrogen and oxygen atoms in total. The van der Waals surface area contributed by atoms with E-state index in [4.69, 9.17) is 0 Å². The first-order valence-corrected chi connectivity index (χ1v) is 11.0. The molecule has 29 heavy (non-hydrogen) atoms. The zero-order valence-electron chi connectivity index (χ0n) is 16.4. The Morgan fingerprint density at radius 2 is 1.59 bits per heavy atom. The smallest absolute Gasteiger partial charge is 0.287 e. The minimum absolute atomic E-state index is 0.131. The third kappa shape index (κ3) is 3.40. The van der Waals surface area contributed by atoms with Gasteiger partial charge < -0.3 is 0 Å². The predicted molar refractivity (Wildman–Crippen MR) is 115 cm³/mol. The fourth-order valence-electron chi connectivity index (χ4n) is 3.57. The van der Waals surface area contributed by atoms with Gasteiger partial charge in [0.2, 0.25) is 0 Å². The van der Waals surface area contributed by atoms with Gasteiger partial charge in [-0.1, -0.05) is 61.0 Å². The summed E-state index contributed by atoms with van der Waals surface area (Å²) in [6.45, 7) is 4.30. The Morgan fingerprint density at radius 1 is 0.862 bits per heavy atom. The zero-order valence-corrected chi connectivity index (χ0v) is 17.2. The van der Waals surface area contributed by atoms with Gasteiger partial charge in [0.15, 0.2) is 0 Å². The quantitative estimate of drug-likeness (QED) is 0.620. The van der Waals surface area contributed by atoms with Crippen LogP contribution in [-0.4, -0.2) is 14.4 Å². The van der Waals surface area contributed by atoms with Gasteiger partial charge >= 0.3 is 6.03 Å². The molecule has 1 aliphatic heterocycles.